The van der Waals surface area contributed by atoms with Crippen LogP contribution in [0, 0.1) is 5.82 Å². The van der Waals surface area contributed by atoms with E-state index in [2.05, 4.69) is 4.98 Å². The first kappa shape index (κ1) is 17.7. The Morgan fingerprint density at radius 3 is 2.29 bits per heavy atom. The first-order valence-corrected chi connectivity index (χ1v) is 8.76. The Bertz CT molecular complexity index is 1150. The molecular weight excluding hydrogens is 357 g/mol. The Labute approximate surface area is 160 Å². The Hall–Kier alpha value is -3.73. The molecule has 0 aliphatic heterocycles. The molecule has 0 saturated heterocycles. The fraction of sp³-hybridized carbons (Fsp3) is 0.0435. The third-order valence-corrected chi connectivity index (χ3v) is 4.51. The number of H-pyrrole nitrogens is 1. The monoisotopic (exact) mass is 373 g/mol. The minimum atomic E-state index is -1.19. The molecule has 28 heavy (non-hydrogen) atoms. The van der Waals surface area contributed by atoms with Crippen molar-refractivity contribution in [3.05, 3.63) is 108 Å². The summed E-state index contributed by atoms with van der Waals surface area (Å²) in [6.45, 7) is 0. The number of ketones is 1. The van der Waals surface area contributed by atoms with Gasteiger partial charge in [0.25, 0.3) is 0 Å². The number of ether oxygens (including phenoxy) is 1. The molecule has 1 heterocycles. The summed E-state index contributed by atoms with van der Waals surface area (Å²) in [7, 11) is 0. The molecule has 1 N–H and O–H groups in total. The summed E-state index contributed by atoms with van der Waals surface area (Å²) in [5.74, 6) is -1.97. The third-order valence-electron chi connectivity index (χ3n) is 4.51. The predicted octanol–water partition coefficient (Wildman–Crippen LogP) is 5.09. The van der Waals surface area contributed by atoms with Crippen LogP contribution in [0.1, 0.15) is 32.4 Å². The molecule has 0 bridgehead atoms. The lowest BCUT2D eigenvalue weighted by molar-refractivity contribution is 0.0276. The lowest BCUT2D eigenvalue weighted by Gasteiger charge is -2.17. The van der Waals surface area contributed by atoms with Crippen LogP contribution in [0.25, 0.3) is 10.9 Å². The molecule has 0 unspecified atom stereocenters. The molecule has 138 valence electrons. The van der Waals surface area contributed by atoms with Crippen molar-refractivity contribution in [2.45, 2.75) is 6.10 Å². The maximum absolute atomic E-state index is 14.0. The highest BCUT2D eigenvalue weighted by Crippen LogP contribution is 2.28. The molecule has 0 spiro atoms. The molecule has 1 aromatic heterocycles. The second-order valence-corrected chi connectivity index (χ2v) is 6.29. The largest absolute Gasteiger partial charge is 0.445 e. The Balaban J connectivity index is 1.73. The van der Waals surface area contributed by atoms with Crippen LogP contribution >= 0.6 is 0 Å². The van der Waals surface area contributed by atoms with Crippen molar-refractivity contribution in [2.75, 3.05) is 0 Å². The average Bonchev–Trinajstić information content (AvgIpc) is 3.16. The molecule has 1 atom stereocenters. The van der Waals surface area contributed by atoms with Gasteiger partial charge in [-0.3, -0.25) is 4.79 Å². The minimum Gasteiger partial charge on any atom is -0.445 e. The summed E-state index contributed by atoms with van der Waals surface area (Å²) < 4.78 is 19.5. The second kappa shape index (κ2) is 7.48. The maximum Gasteiger partial charge on any atom is 0.342 e. The van der Waals surface area contributed by atoms with Crippen molar-refractivity contribution >= 4 is 22.7 Å². The van der Waals surface area contributed by atoms with Gasteiger partial charge in [-0.25, -0.2) is 9.18 Å². The van der Waals surface area contributed by atoms with E-state index >= 15 is 0 Å². The number of esters is 1. The number of halogens is 1. The van der Waals surface area contributed by atoms with Gasteiger partial charge in [0.1, 0.15) is 5.82 Å². The number of nitrogens with one attached hydrogen (secondary N) is 1. The highest BCUT2D eigenvalue weighted by atomic mass is 19.1. The summed E-state index contributed by atoms with van der Waals surface area (Å²) in [6, 6.07) is 21.6. The van der Waals surface area contributed by atoms with Gasteiger partial charge in [0, 0.05) is 28.2 Å². The second-order valence-electron chi connectivity index (χ2n) is 6.29. The van der Waals surface area contributed by atoms with Crippen LogP contribution in [0.3, 0.4) is 0 Å². The fourth-order valence-corrected chi connectivity index (χ4v) is 3.11. The number of aromatic nitrogens is 1. The molecule has 0 radical (unpaired) electrons. The minimum absolute atomic E-state index is 0.213. The van der Waals surface area contributed by atoms with E-state index in [1.807, 2.05) is 24.3 Å². The molecule has 4 aromatic rings. The van der Waals surface area contributed by atoms with Gasteiger partial charge in [-0.15, -0.1) is 0 Å². The van der Waals surface area contributed by atoms with E-state index in [9.17, 15) is 14.0 Å². The van der Waals surface area contributed by atoms with Gasteiger partial charge >= 0.3 is 5.97 Å². The van der Waals surface area contributed by atoms with Crippen LogP contribution in [0.2, 0.25) is 0 Å². The quantitative estimate of drug-likeness (QED) is 0.392. The number of hydrogen-bond acceptors (Lipinski definition) is 3. The van der Waals surface area contributed by atoms with E-state index in [1.165, 1.54) is 18.2 Å². The van der Waals surface area contributed by atoms with Gasteiger partial charge < -0.3 is 9.72 Å². The normalized spacial score (nSPS) is 11.9. The molecule has 0 aliphatic carbocycles. The first-order chi connectivity index (χ1) is 13.6. The Morgan fingerprint density at radius 2 is 1.50 bits per heavy atom. The zero-order valence-corrected chi connectivity index (χ0v) is 14.8. The lowest BCUT2D eigenvalue weighted by atomic mass is 9.99. The highest BCUT2D eigenvalue weighted by Gasteiger charge is 2.29. The molecule has 4 nitrogen and oxygen atoms in total. The van der Waals surface area contributed by atoms with Crippen molar-refractivity contribution in [3.8, 4) is 0 Å². The van der Waals surface area contributed by atoms with Gasteiger partial charge in [-0.1, -0.05) is 60.7 Å². The van der Waals surface area contributed by atoms with Crippen LogP contribution in [0.4, 0.5) is 4.39 Å². The SMILES string of the molecule is O=C(O[C@H](C(=O)c1c[nH]c2ccccc12)c1ccccc1)c1ccccc1F. The Morgan fingerprint density at radius 1 is 0.821 bits per heavy atom. The number of carbonyl (C=O) groups excluding carboxylic acids is 2. The Kier molecular flexibility index (Phi) is 4.72. The van der Waals surface area contributed by atoms with E-state index in [4.69, 9.17) is 4.74 Å². The number of carbonyl (C=O) groups is 2. The van der Waals surface area contributed by atoms with Crippen molar-refractivity contribution in [1.29, 1.82) is 0 Å². The van der Waals surface area contributed by atoms with Gasteiger partial charge in [0.05, 0.1) is 5.56 Å². The molecule has 3 aromatic carbocycles. The molecule has 0 fully saturated rings. The smallest absolute Gasteiger partial charge is 0.342 e. The number of aromatic amines is 1. The highest BCUT2D eigenvalue weighted by molar-refractivity contribution is 6.11. The molecule has 5 heteroatoms. The average molecular weight is 373 g/mol. The fourth-order valence-electron chi connectivity index (χ4n) is 3.11. The number of para-hydroxylation sites is 1. The standard InChI is InChI=1S/C23H16FNO3/c24-19-12-6-4-11-17(19)23(27)28-22(15-8-2-1-3-9-15)21(26)18-14-25-20-13-7-5-10-16(18)20/h1-14,22,25H/t22-/m0/s1. The molecule has 0 amide bonds. The van der Waals surface area contributed by atoms with Gasteiger partial charge in [0.2, 0.25) is 5.78 Å². The maximum atomic E-state index is 14.0. The van der Waals surface area contributed by atoms with E-state index in [1.54, 1.807) is 42.6 Å². The molecule has 0 saturated carbocycles. The summed E-state index contributed by atoms with van der Waals surface area (Å²) in [4.78, 5) is 28.9. The summed E-state index contributed by atoms with van der Waals surface area (Å²) in [5, 5.41) is 0.732. The van der Waals surface area contributed by atoms with Crippen LogP contribution in [-0.4, -0.2) is 16.7 Å². The van der Waals surface area contributed by atoms with E-state index < -0.39 is 17.9 Å². The van der Waals surface area contributed by atoms with E-state index in [0.717, 1.165) is 10.9 Å². The zero-order valence-electron chi connectivity index (χ0n) is 14.8. The van der Waals surface area contributed by atoms with Gasteiger partial charge in [-0.2, -0.15) is 0 Å². The number of hydrogen-bond donors (Lipinski definition) is 1. The van der Waals surface area contributed by atoms with E-state index in [0.29, 0.717) is 11.1 Å². The van der Waals surface area contributed by atoms with Crippen molar-refractivity contribution in [1.82, 2.24) is 4.98 Å². The van der Waals surface area contributed by atoms with E-state index in [-0.39, 0.29) is 11.3 Å². The van der Waals surface area contributed by atoms with Gasteiger partial charge in [-0.05, 0) is 18.2 Å². The number of rotatable bonds is 5. The van der Waals surface area contributed by atoms with Crippen LogP contribution < -0.4 is 0 Å². The number of benzene rings is 3. The van der Waals surface area contributed by atoms with Crippen LogP contribution in [-0.2, 0) is 4.74 Å². The van der Waals surface area contributed by atoms with Gasteiger partial charge in [0.15, 0.2) is 6.10 Å². The van der Waals surface area contributed by atoms with Crippen LogP contribution in [0.5, 0.6) is 0 Å². The predicted molar refractivity (Wildman–Crippen MR) is 104 cm³/mol. The van der Waals surface area contributed by atoms with Crippen LogP contribution in [0.15, 0.2) is 85.1 Å². The molecule has 4 rings (SSSR count). The zero-order chi connectivity index (χ0) is 19.5. The summed E-state index contributed by atoms with van der Waals surface area (Å²) in [6.07, 6.45) is 0.410. The van der Waals surface area contributed by atoms with Crippen molar-refractivity contribution in [3.63, 3.8) is 0 Å². The number of fused-ring (bicyclic) bond motifs is 1. The number of Topliss-reactive ketones (excluding diaryl/α,β-unsaturated/α-hetero) is 1. The van der Waals surface area contributed by atoms with Crippen molar-refractivity contribution in [2.24, 2.45) is 0 Å². The third kappa shape index (κ3) is 3.30. The first-order valence-electron chi connectivity index (χ1n) is 8.76. The lowest BCUT2D eigenvalue weighted by Crippen LogP contribution is -2.20. The molecule has 0 aliphatic rings. The summed E-state index contributed by atoms with van der Waals surface area (Å²) >= 11 is 0. The van der Waals surface area contributed by atoms with Crippen molar-refractivity contribution < 1.29 is 18.7 Å². The molecular formula is C23H16FNO3. The topological polar surface area (TPSA) is 59.2 Å². The summed E-state index contributed by atoms with van der Waals surface area (Å²) in [5.41, 5.74) is 1.52.